The van der Waals surface area contributed by atoms with Gasteiger partial charge in [0.25, 0.3) is 0 Å². The summed E-state index contributed by atoms with van der Waals surface area (Å²) < 4.78 is 0. The van der Waals surface area contributed by atoms with Crippen molar-refractivity contribution in [1.29, 1.82) is 0 Å². The molecular weight excluding hydrogens is 783 g/mol. The summed E-state index contributed by atoms with van der Waals surface area (Å²) in [5, 5.41) is 2.56. The first-order valence-electron chi connectivity index (χ1n) is 26.3. The van der Waals surface area contributed by atoms with E-state index in [1.807, 2.05) is 14.4 Å². The Bertz CT molecular complexity index is 1470. The summed E-state index contributed by atoms with van der Waals surface area (Å²) in [5.41, 5.74) is 26.1. The second-order valence-electron chi connectivity index (χ2n) is 17.7. The Hall–Kier alpha value is -2.17. The topological polar surface area (TPSA) is 36.4 Å². The molecule has 0 fully saturated rings. The molecule has 3 heteroatoms. The van der Waals surface area contributed by atoms with Gasteiger partial charge in [0.05, 0.1) is 5.57 Å². The second kappa shape index (κ2) is 38.3. The van der Waals surface area contributed by atoms with Gasteiger partial charge >= 0.3 is 44.9 Å². The molecule has 350 valence electrons. The van der Waals surface area contributed by atoms with Crippen molar-refractivity contribution >= 4 is 11.4 Å². The molecule has 2 nitrogen and oxygen atoms in total. The molecule has 0 aliphatic carbocycles. The zero-order valence-electron chi connectivity index (χ0n) is 42.1. The number of benzene rings is 2. The maximum atomic E-state index is 9.90. The van der Waals surface area contributed by atoms with Crippen LogP contribution in [0.15, 0.2) is 35.4 Å². The number of hydrogen-bond acceptors (Lipinski definition) is 0. The van der Waals surface area contributed by atoms with Crippen LogP contribution in [0.3, 0.4) is 0 Å². The fraction of sp³-hybridized carbons (Fsp3) is 0.724. The number of rotatable bonds is 35. The van der Waals surface area contributed by atoms with Crippen LogP contribution in [0, 0.1) is 0 Å². The molecule has 0 spiro atoms. The predicted octanol–water partition coefficient (Wildman–Crippen LogP) is 19.0. The third kappa shape index (κ3) is 23.4. The van der Waals surface area contributed by atoms with E-state index in [2.05, 4.69) is 104 Å². The molecule has 2 aromatic carbocycles. The first-order chi connectivity index (χ1) is 29.8. The van der Waals surface area contributed by atoms with Gasteiger partial charge in [0.1, 0.15) is 0 Å². The SMILES string of the molecule is CCCCCCc1cc(C(=C(CCCC)C(C)=C=[N+]=[N-])c2cc(CCCCC)c(CCCCC)c(CCCCC)c2)cc(CCCCCC)c1CCCCCC.C[CH2][Ni][CH2]C. The third-order valence-electron chi connectivity index (χ3n) is 12.5. The fourth-order valence-electron chi connectivity index (χ4n) is 8.98. The van der Waals surface area contributed by atoms with Gasteiger partial charge in [-0.25, -0.2) is 0 Å². The van der Waals surface area contributed by atoms with E-state index in [-0.39, 0.29) is 0 Å². The van der Waals surface area contributed by atoms with E-state index >= 15 is 0 Å². The molecule has 0 N–H and O–H groups in total. The minimum atomic E-state index is 0.964. The average Bonchev–Trinajstić information content (AvgIpc) is 3.26. The van der Waals surface area contributed by atoms with Crippen LogP contribution in [-0.4, -0.2) is 10.7 Å². The Balaban J connectivity index is 0.00000350. The van der Waals surface area contributed by atoms with E-state index in [9.17, 15) is 5.53 Å². The maximum absolute atomic E-state index is 9.90. The summed E-state index contributed by atoms with van der Waals surface area (Å²) in [4.78, 5) is 3.52. The summed E-state index contributed by atoms with van der Waals surface area (Å²) in [5.74, 6) is 3.05. The average molecular weight is 882 g/mol. The number of allylic oxidation sites excluding steroid dienone is 2. The number of aryl methyl sites for hydroxylation is 4. The van der Waals surface area contributed by atoms with Crippen LogP contribution in [0.1, 0.15) is 268 Å². The quantitative estimate of drug-likeness (QED) is 0.0165. The van der Waals surface area contributed by atoms with Crippen molar-refractivity contribution < 1.29 is 19.2 Å². The van der Waals surface area contributed by atoms with Gasteiger partial charge in [-0.05, 0) is 152 Å². The monoisotopic (exact) mass is 881 g/mol. The summed E-state index contributed by atoms with van der Waals surface area (Å²) in [7, 11) is 0. The molecule has 0 heterocycles. The van der Waals surface area contributed by atoms with E-state index in [1.165, 1.54) is 194 Å². The third-order valence-corrected chi connectivity index (χ3v) is 13.5. The molecule has 0 aliphatic rings. The minimum absolute atomic E-state index is 0.964. The van der Waals surface area contributed by atoms with Gasteiger partial charge in [-0.2, -0.15) is 0 Å². The van der Waals surface area contributed by atoms with Gasteiger partial charge in [0.15, 0.2) is 0 Å². The van der Waals surface area contributed by atoms with Crippen LogP contribution in [0.4, 0.5) is 0 Å². The van der Waals surface area contributed by atoms with E-state index < -0.39 is 0 Å². The second-order valence-corrected chi connectivity index (χ2v) is 19.6. The molecule has 0 saturated heterocycles. The predicted molar refractivity (Wildman–Crippen MR) is 270 cm³/mol. The molecule has 0 bridgehead atoms. The van der Waals surface area contributed by atoms with Crippen molar-refractivity contribution in [2.75, 3.05) is 0 Å². The van der Waals surface area contributed by atoms with Gasteiger partial charge in [0.2, 0.25) is 0 Å². The van der Waals surface area contributed by atoms with E-state index in [0.717, 1.165) is 37.7 Å². The van der Waals surface area contributed by atoms with Crippen LogP contribution in [0.5, 0.6) is 0 Å². The molecule has 0 amide bonds. The van der Waals surface area contributed by atoms with Crippen molar-refractivity contribution in [2.45, 2.75) is 273 Å². The van der Waals surface area contributed by atoms with Crippen molar-refractivity contribution in [1.82, 2.24) is 0 Å². The van der Waals surface area contributed by atoms with Gasteiger partial charge in [-0.15, -0.1) is 4.79 Å². The molecule has 0 radical (unpaired) electrons. The van der Waals surface area contributed by atoms with E-state index in [1.54, 1.807) is 33.4 Å². The van der Waals surface area contributed by atoms with Crippen LogP contribution in [0.25, 0.3) is 11.1 Å². The van der Waals surface area contributed by atoms with Gasteiger partial charge < -0.3 is 5.53 Å². The van der Waals surface area contributed by atoms with Crippen LogP contribution in [-0.2, 0) is 53.0 Å². The molecule has 61 heavy (non-hydrogen) atoms. The molecule has 0 saturated carbocycles. The summed E-state index contributed by atoms with van der Waals surface area (Å²) >= 11 is 1.82. The molecule has 0 atom stereocenters. The molecule has 0 aliphatic heterocycles. The number of hydrogen-bond donors (Lipinski definition) is 0. The molecule has 2 aromatic rings. The normalized spacial score (nSPS) is 11.6. The first kappa shape index (κ1) is 56.9. The standard InChI is InChI=1S/C54H88N2.2C2H5.Ni/c1-9-16-23-29-34-47-41-50(42-48(35-30-24-17-10-2)53(47)38-31-25-18-11-3)54(51(36-22-15-7)44(8)43-56-55)49-39-45(32-26-19-12-4)52(37-28-21-14-6)46(40-49)33-27-20-13-5;2*1-2;/h39-42H,9-38H2,1-8H3;2*1H2,2H3;. The summed E-state index contributed by atoms with van der Waals surface area (Å²) in [6.45, 7) is 22.8. The van der Waals surface area contributed by atoms with Gasteiger partial charge in [0, 0.05) is 0 Å². The molecule has 0 unspecified atom stereocenters. The Morgan fingerprint density at radius 3 is 1.07 bits per heavy atom. The molecule has 2 rings (SSSR count). The molecule has 0 aromatic heterocycles. The van der Waals surface area contributed by atoms with Crippen LogP contribution < -0.4 is 0 Å². The Kier molecular flexibility index (Phi) is 35.7. The Morgan fingerprint density at radius 2 is 0.754 bits per heavy atom. The van der Waals surface area contributed by atoms with Crippen molar-refractivity contribution in [3.63, 3.8) is 0 Å². The van der Waals surface area contributed by atoms with Crippen LogP contribution in [0.2, 0.25) is 10.8 Å². The van der Waals surface area contributed by atoms with Crippen LogP contribution >= 0.6 is 0 Å². The molecular formula is C58H98N2Ni. The van der Waals surface area contributed by atoms with Crippen molar-refractivity contribution in [3.8, 4) is 0 Å². The summed E-state index contributed by atoms with van der Waals surface area (Å²) in [6, 6.07) is 10.5. The van der Waals surface area contributed by atoms with Gasteiger partial charge in [-0.1, -0.05) is 175 Å². The van der Waals surface area contributed by atoms with Crippen molar-refractivity contribution in [3.05, 3.63) is 85.5 Å². The first-order valence-corrected chi connectivity index (χ1v) is 27.7. The Morgan fingerprint density at radius 1 is 0.443 bits per heavy atom. The number of nitrogens with zero attached hydrogens (tertiary/aromatic N) is 2. The Labute approximate surface area is 386 Å². The van der Waals surface area contributed by atoms with Crippen molar-refractivity contribution in [2.24, 2.45) is 0 Å². The summed E-state index contributed by atoms with van der Waals surface area (Å²) in [6.07, 6.45) is 37.2. The van der Waals surface area contributed by atoms with E-state index in [0.29, 0.717) is 0 Å². The van der Waals surface area contributed by atoms with E-state index in [4.69, 9.17) is 0 Å². The zero-order valence-corrected chi connectivity index (χ0v) is 43.1. The van der Waals surface area contributed by atoms with Gasteiger partial charge in [-0.3, -0.25) is 0 Å². The number of unbranched alkanes of at least 4 members (excludes halogenated alkanes) is 16. The zero-order chi connectivity index (χ0) is 44.9. The fourth-order valence-corrected chi connectivity index (χ4v) is 9.48.